The van der Waals surface area contributed by atoms with Crippen LogP contribution in [0, 0.1) is 5.41 Å². The molecule has 2 aromatic carbocycles. The highest BCUT2D eigenvalue weighted by Crippen LogP contribution is 2.31. The summed E-state index contributed by atoms with van der Waals surface area (Å²) < 4.78 is 0. The van der Waals surface area contributed by atoms with Gasteiger partial charge in [-0.15, -0.1) is 0 Å². The van der Waals surface area contributed by atoms with E-state index in [4.69, 9.17) is 0 Å². The van der Waals surface area contributed by atoms with Gasteiger partial charge in [0.1, 0.15) is 0 Å². The van der Waals surface area contributed by atoms with Crippen molar-refractivity contribution in [1.82, 2.24) is 0 Å². The number of carbonyl (C=O) groups is 1. The summed E-state index contributed by atoms with van der Waals surface area (Å²) in [5.41, 5.74) is 3.11. The number of para-hydroxylation sites is 1. The number of rotatable bonds is 3. The van der Waals surface area contributed by atoms with E-state index in [1.165, 1.54) is 5.01 Å². The van der Waals surface area contributed by atoms with Gasteiger partial charge in [-0.1, -0.05) is 81.5 Å². The van der Waals surface area contributed by atoms with Crippen LogP contribution in [0.1, 0.15) is 26.3 Å². The van der Waals surface area contributed by atoms with E-state index < -0.39 is 0 Å². The Bertz CT molecular complexity index is 841. The molecule has 0 aromatic heterocycles. The van der Waals surface area contributed by atoms with Gasteiger partial charge in [0.2, 0.25) is 0 Å². The first-order valence-corrected chi connectivity index (χ1v) is 8.39. The average Bonchev–Trinajstić information content (AvgIpc) is 2.94. The number of anilines is 1. The minimum Gasteiger partial charge on any atom is -0.267 e. The Hall–Kier alpha value is -2.94. The molecule has 3 rings (SSSR count). The van der Waals surface area contributed by atoms with Crippen molar-refractivity contribution in [3.05, 3.63) is 84.0 Å². The second-order valence-electron chi connectivity index (χ2n) is 7.00. The van der Waals surface area contributed by atoms with E-state index in [9.17, 15) is 4.79 Å². The lowest BCUT2D eigenvalue weighted by Crippen LogP contribution is -2.23. The molecule has 25 heavy (non-hydrogen) atoms. The number of hydrazone groups is 1. The number of benzene rings is 2. The van der Waals surface area contributed by atoms with E-state index in [2.05, 4.69) is 25.9 Å². The summed E-state index contributed by atoms with van der Waals surface area (Å²) in [5.74, 6) is -0.0890. The lowest BCUT2D eigenvalue weighted by molar-refractivity contribution is -0.114. The molecule has 3 nitrogen and oxygen atoms in total. The van der Waals surface area contributed by atoms with Crippen LogP contribution in [-0.2, 0) is 4.79 Å². The number of carbonyl (C=O) groups excluding carboxylic acids is 1. The largest absolute Gasteiger partial charge is 0.280 e. The number of hydrogen-bond donors (Lipinski definition) is 0. The van der Waals surface area contributed by atoms with Crippen molar-refractivity contribution in [2.75, 3.05) is 5.01 Å². The predicted molar refractivity (Wildman–Crippen MR) is 104 cm³/mol. The van der Waals surface area contributed by atoms with Gasteiger partial charge in [-0.05, 0) is 23.8 Å². The van der Waals surface area contributed by atoms with Crippen LogP contribution >= 0.6 is 0 Å². The van der Waals surface area contributed by atoms with E-state index in [0.29, 0.717) is 5.57 Å². The van der Waals surface area contributed by atoms with Crippen molar-refractivity contribution >= 4 is 23.4 Å². The van der Waals surface area contributed by atoms with Gasteiger partial charge < -0.3 is 0 Å². The molecule has 2 aromatic rings. The lowest BCUT2D eigenvalue weighted by atomic mass is 9.85. The maximum Gasteiger partial charge on any atom is 0.280 e. The average molecular weight is 330 g/mol. The third-order valence-electron chi connectivity index (χ3n) is 3.94. The molecule has 0 spiro atoms. The Morgan fingerprint density at radius 1 is 0.920 bits per heavy atom. The van der Waals surface area contributed by atoms with Gasteiger partial charge in [-0.3, -0.25) is 4.79 Å². The Balaban J connectivity index is 1.95. The molecule has 0 aliphatic carbocycles. The second kappa shape index (κ2) is 6.89. The Morgan fingerprint density at radius 3 is 2.12 bits per heavy atom. The fraction of sp³-hybridized carbons (Fsp3) is 0.182. The molecule has 0 radical (unpaired) electrons. The third-order valence-corrected chi connectivity index (χ3v) is 3.94. The number of allylic oxidation sites excluding steroid dienone is 2. The SMILES string of the molecule is CC(C)(C)C1=NN(c2ccccc2)C(=O)/C1=C\C=C/c1ccccc1. The van der Waals surface area contributed by atoms with Crippen LogP contribution in [0.3, 0.4) is 0 Å². The molecule has 0 atom stereocenters. The van der Waals surface area contributed by atoms with Crippen molar-refractivity contribution in [1.29, 1.82) is 0 Å². The zero-order chi connectivity index (χ0) is 17.9. The minimum atomic E-state index is -0.217. The summed E-state index contributed by atoms with van der Waals surface area (Å²) in [4.78, 5) is 12.9. The van der Waals surface area contributed by atoms with Crippen LogP contribution in [0.4, 0.5) is 5.69 Å². The maximum absolute atomic E-state index is 12.9. The minimum absolute atomic E-state index is 0.0890. The summed E-state index contributed by atoms with van der Waals surface area (Å²) in [5, 5.41) is 6.10. The van der Waals surface area contributed by atoms with E-state index in [0.717, 1.165) is 17.0 Å². The molecule has 126 valence electrons. The first kappa shape index (κ1) is 16.9. The lowest BCUT2D eigenvalue weighted by Gasteiger charge is -2.17. The summed E-state index contributed by atoms with van der Waals surface area (Å²) in [6.45, 7) is 6.22. The van der Waals surface area contributed by atoms with Crippen LogP contribution < -0.4 is 5.01 Å². The quantitative estimate of drug-likeness (QED) is 0.723. The third kappa shape index (κ3) is 3.77. The zero-order valence-electron chi connectivity index (χ0n) is 14.8. The van der Waals surface area contributed by atoms with Crippen molar-refractivity contribution in [2.45, 2.75) is 20.8 Å². The van der Waals surface area contributed by atoms with Gasteiger partial charge in [-0.25, -0.2) is 0 Å². The number of nitrogens with zero attached hydrogens (tertiary/aromatic N) is 2. The highest BCUT2D eigenvalue weighted by Gasteiger charge is 2.36. The van der Waals surface area contributed by atoms with Gasteiger partial charge >= 0.3 is 0 Å². The van der Waals surface area contributed by atoms with Gasteiger partial charge in [0.25, 0.3) is 5.91 Å². The molecule has 1 heterocycles. The molecule has 0 bridgehead atoms. The van der Waals surface area contributed by atoms with Gasteiger partial charge in [0.15, 0.2) is 0 Å². The van der Waals surface area contributed by atoms with Crippen LogP contribution in [-0.4, -0.2) is 11.6 Å². The fourth-order valence-corrected chi connectivity index (χ4v) is 2.68. The molecular weight excluding hydrogens is 308 g/mol. The van der Waals surface area contributed by atoms with E-state index in [1.54, 1.807) is 0 Å². The molecule has 0 unspecified atom stereocenters. The molecule has 0 fully saturated rings. The molecular formula is C22H22N2O. The van der Waals surface area contributed by atoms with E-state index in [-0.39, 0.29) is 11.3 Å². The highest BCUT2D eigenvalue weighted by molar-refractivity contribution is 6.31. The van der Waals surface area contributed by atoms with E-state index in [1.807, 2.05) is 78.9 Å². The monoisotopic (exact) mass is 330 g/mol. The summed E-state index contributed by atoms with van der Waals surface area (Å²) in [7, 11) is 0. The molecule has 0 saturated carbocycles. The molecule has 3 heteroatoms. The summed E-state index contributed by atoms with van der Waals surface area (Å²) in [6.07, 6.45) is 5.77. The van der Waals surface area contributed by atoms with E-state index >= 15 is 0 Å². The Labute approximate surface area is 149 Å². The van der Waals surface area contributed by atoms with Crippen molar-refractivity contribution < 1.29 is 4.79 Å². The Kier molecular flexibility index (Phi) is 4.66. The first-order chi connectivity index (χ1) is 12.0. The molecule has 1 aliphatic rings. The highest BCUT2D eigenvalue weighted by atomic mass is 16.2. The molecule has 1 aliphatic heterocycles. The predicted octanol–water partition coefficient (Wildman–Crippen LogP) is 5.08. The normalized spacial score (nSPS) is 16.8. The second-order valence-corrected chi connectivity index (χ2v) is 7.00. The van der Waals surface area contributed by atoms with Crippen LogP contribution in [0.15, 0.2) is 83.5 Å². The van der Waals surface area contributed by atoms with Gasteiger partial charge in [0, 0.05) is 5.41 Å². The van der Waals surface area contributed by atoms with Crippen LogP contribution in [0.2, 0.25) is 0 Å². The zero-order valence-corrected chi connectivity index (χ0v) is 14.8. The standard InChI is InChI=1S/C22H22N2O/c1-22(2,3)20-19(16-10-13-17-11-6-4-7-12-17)21(25)24(23-20)18-14-8-5-9-15-18/h4-16H,1-3H3/b13-10-,19-16-. The molecule has 1 amide bonds. The summed E-state index contributed by atoms with van der Waals surface area (Å²) >= 11 is 0. The topological polar surface area (TPSA) is 32.7 Å². The van der Waals surface area contributed by atoms with Gasteiger partial charge in [-0.2, -0.15) is 10.1 Å². The molecule has 0 N–H and O–H groups in total. The number of amides is 1. The smallest absolute Gasteiger partial charge is 0.267 e. The Morgan fingerprint density at radius 2 is 1.52 bits per heavy atom. The fourth-order valence-electron chi connectivity index (χ4n) is 2.68. The van der Waals surface area contributed by atoms with Crippen LogP contribution in [0.25, 0.3) is 6.08 Å². The first-order valence-electron chi connectivity index (χ1n) is 8.39. The number of hydrogen-bond acceptors (Lipinski definition) is 2. The maximum atomic E-state index is 12.9. The van der Waals surface area contributed by atoms with Crippen molar-refractivity contribution in [2.24, 2.45) is 10.5 Å². The van der Waals surface area contributed by atoms with Crippen molar-refractivity contribution in [3.63, 3.8) is 0 Å². The van der Waals surface area contributed by atoms with Crippen molar-refractivity contribution in [3.8, 4) is 0 Å². The van der Waals surface area contributed by atoms with Gasteiger partial charge in [0.05, 0.1) is 17.0 Å². The molecule has 0 saturated heterocycles. The van der Waals surface area contributed by atoms with Crippen LogP contribution in [0.5, 0.6) is 0 Å². The summed E-state index contributed by atoms with van der Waals surface area (Å²) in [6, 6.07) is 19.6.